The number of furan rings is 1. The molecule has 4 rings (SSSR count). The van der Waals surface area contributed by atoms with E-state index in [1.807, 2.05) is 28.5 Å². The molecule has 0 unspecified atom stereocenters. The number of hydrogen-bond acceptors (Lipinski definition) is 4. The second-order valence-electron chi connectivity index (χ2n) is 9.83. The predicted molar refractivity (Wildman–Crippen MR) is 126 cm³/mol. The summed E-state index contributed by atoms with van der Waals surface area (Å²) in [6.07, 6.45) is 6.80. The van der Waals surface area contributed by atoms with Gasteiger partial charge in [0.2, 0.25) is 5.91 Å². The van der Waals surface area contributed by atoms with E-state index in [0.717, 1.165) is 63.2 Å². The third-order valence-electron chi connectivity index (χ3n) is 7.64. The fraction of sp³-hybridized carbons (Fsp3) is 0.680. The average Bonchev–Trinajstić information content (AvgIpc) is 3.37. The van der Waals surface area contributed by atoms with Gasteiger partial charge in [-0.15, -0.1) is 0 Å². The lowest BCUT2D eigenvalue weighted by molar-refractivity contribution is -0.133. The normalized spacial score (nSPS) is 26.0. The van der Waals surface area contributed by atoms with Crippen LogP contribution >= 0.6 is 0 Å². The van der Waals surface area contributed by atoms with E-state index in [2.05, 4.69) is 31.0 Å². The zero-order chi connectivity index (χ0) is 22.9. The molecule has 176 valence electrons. The highest BCUT2D eigenvalue weighted by Crippen LogP contribution is 2.33. The summed E-state index contributed by atoms with van der Waals surface area (Å²) in [4.78, 5) is 31.5. The maximum absolute atomic E-state index is 13.7. The van der Waals surface area contributed by atoms with Crippen LogP contribution in [0.2, 0.25) is 0 Å². The van der Waals surface area contributed by atoms with Crippen molar-refractivity contribution in [3.8, 4) is 0 Å². The van der Waals surface area contributed by atoms with Gasteiger partial charge in [-0.1, -0.05) is 20.8 Å². The summed E-state index contributed by atoms with van der Waals surface area (Å²) < 4.78 is 7.52. The van der Waals surface area contributed by atoms with E-state index < -0.39 is 5.54 Å². The van der Waals surface area contributed by atoms with Gasteiger partial charge in [-0.3, -0.25) is 9.59 Å². The highest BCUT2D eigenvalue weighted by molar-refractivity contribution is 6.02. The molecule has 1 aliphatic carbocycles. The van der Waals surface area contributed by atoms with Crippen molar-refractivity contribution in [1.82, 2.24) is 19.7 Å². The van der Waals surface area contributed by atoms with Crippen molar-refractivity contribution < 1.29 is 14.0 Å². The van der Waals surface area contributed by atoms with Gasteiger partial charge in [-0.05, 0) is 64.6 Å². The Labute approximate surface area is 191 Å². The number of carbonyl (C=O) groups excluding carboxylic acids is 2. The molecule has 1 aliphatic heterocycles. The molecule has 3 heterocycles. The lowest BCUT2D eigenvalue weighted by Gasteiger charge is -2.45. The first-order valence-corrected chi connectivity index (χ1v) is 12.3. The number of rotatable bonds is 8. The Balaban J connectivity index is 1.59. The van der Waals surface area contributed by atoms with Gasteiger partial charge in [0, 0.05) is 24.7 Å². The van der Waals surface area contributed by atoms with E-state index in [4.69, 9.17) is 4.42 Å². The molecule has 32 heavy (non-hydrogen) atoms. The Kier molecular flexibility index (Phi) is 6.65. The van der Waals surface area contributed by atoms with Gasteiger partial charge < -0.3 is 24.1 Å². The van der Waals surface area contributed by atoms with Crippen molar-refractivity contribution in [1.29, 1.82) is 0 Å². The second-order valence-corrected chi connectivity index (χ2v) is 9.83. The molecule has 1 saturated carbocycles. The molecule has 2 amide bonds. The quantitative estimate of drug-likeness (QED) is 0.674. The van der Waals surface area contributed by atoms with E-state index in [1.54, 1.807) is 6.26 Å². The van der Waals surface area contributed by atoms with Crippen LogP contribution < -0.4 is 5.32 Å². The van der Waals surface area contributed by atoms with E-state index in [9.17, 15) is 9.59 Å². The number of amides is 2. The minimum absolute atomic E-state index is 0.0377. The molecule has 7 nitrogen and oxygen atoms in total. The Bertz CT molecular complexity index is 952. The summed E-state index contributed by atoms with van der Waals surface area (Å²) in [6, 6.07) is 3.89. The number of hydrogen-bond donors (Lipinski definition) is 1. The summed E-state index contributed by atoms with van der Waals surface area (Å²) in [6.45, 7) is 12.4. The van der Waals surface area contributed by atoms with Gasteiger partial charge in [0.25, 0.3) is 5.91 Å². The third-order valence-corrected chi connectivity index (χ3v) is 7.64. The zero-order valence-electron chi connectivity index (χ0n) is 20.0. The molecule has 1 atom stereocenters. The van der Waals surface area contributed by atoms with Gasteiger partial charge >= 0.3 is 0 Å². The molecule has 7 heteroatoms. The molecule has 0 aromatic carbocycles. The lowest BCUT2D eigenvalue weighted by atomic mass is 9.86. The van der Waals surface area contributed by atoms with Crippen molar-refractivity contribution in [2.45, 2.75) is 77.9 Å². The Morgan fingerprint density at radius 1 is 1.25 bits per heavy atom. The first-order chi connectivity index (χ1) is 15.4. The average molecular weight is 443 g/mol. The molecule has 0 radical (unpaired) electrons. The Morgan fingerprint density at radius 3 is 2.66 bits per heavy atom. The van der Waals surface area contributed by atoms with Gasteiger partial charge in [0.15, 0.2) is 5.58 Å². The number of nitrogens with one attached hydrogen (secondary N) is 1. The van der Waals surface area contributed by atoms with Crippen LogP contribution in [-0.4, -0.2) is 63.9 Å². The summed E-state index contributed by atoms with van der Waals surface area (Å²) in [5, 5.41) is 3.31. The van der Waals surface area contributed by atoms with Crippen LogP contribution in [0.4, 0.5) is 0 Å². The first kappa shape index (κ1) is 22.9. The number of carbonyl (C=O) groups is 2. The molecule has 2 aromatic heterocycles. The van der Waals surface area contributed by atoms with E-state index in [0.29, 0.717) is 24.4 Å². The van der Waals surface area contributed by atoms with Crippen LogP contribution in [-0.2, 0) is 11.3 Å². The Hall–Kier alpha value is -2.28. The number of fused-ring (bicyclic) bond motifs is 3. The summed E-state index contributed by atoms with van der Waals surface area (Å²) in [5.41, 5.74) is 1.25. The SMILES string of the molecule is CCN(CC)CCCN1C(=O)c2cc3occc3n2C[C@@]1(C)C(=O)NC1CCC(C)CC1. The largest absolute Gasteiger partial charge is 0.463 e. The molecule has 2 aliphatic rings. The first-order valence-electron chi connectivity index (χ1n) is 12.3. The number of aromatic nitrogens is 1. The van der Waals surface area contributed by atoms with Gasteiger partial charge in [-0.25, -0.2) is 0 Å². The molecule has 1 fully saturated rings. The van der Waals surface area contributed by atoms with Gasteiger partial charge in [0.05, 0.1) is 18.3 Å². The van der Waals surface area contributed by atoms with Crippen molar-refractivity contribution in [3.63, 3.8) is 0 Å². The van der Waals surface area contributed by atoms with Crippen LogP contribution in [0.3, 0.4) is 0 Å². The molecule has 0 bridgehead atoms. The molecule has 2 aromatic rings. The highest BCUT2D eigenvalue weighted by atomic mass is 16.3. The molecular weight excluding hydrogens is 404 g/mol. The van der Waals surface area contributed by atoms with Crippen LogP contribution in [0, 0.1) is 5.92 Å². The minimum atomic E-state index is -0.931. The van der Waals surface area contributed by atoms with Crippen molar-refractivity contribution >= 4 is 22.9 Å². The fourth-order valence-corrected chi connectivity index (χ4v) is 5.36. The number of nitrogens with zero attached hydrogens (tertiary/aromatic N) is 3. The molecular formula is C25H38N4O3. The van der Waals surface area contributed by atoms with E-state index >= 15 is 0 Å². The van der Waals surface area contributed by atoms with Crippen molar-refractivity contribution in [2.75, 3.05) is 26.2 Å². The van der Waals surface area contributed by atoms with E-state index in [-0.39, 0.29) is 17.9 Å². The standard InChI is InChI=1S/C25H38N4O3/c1-5-27(6-2)13-7-14-29-23(30)21-16-22-20(12-15-32-22)28(21)17-25(29,4)24(31)26-19-10-8-18(3)9-11-19/h12,15-16,18-19H,5-11,13-14,17H2,1-4H3,(H,26,31)/t18?,19?,25-/m0/s1. The summed E-state index contributed by atoms with van der Waals surface area (Å²) in [7, 11) is 0. The summed E-state index contributed by atoms with van der Waals surface area (Å²) in [5.74, 6) is 0.602. The molecule has 0 saturated heterocycles. The van der Waals surface area contributed by atoms with Crippen molar-refractivity contribution in [2.24, 2.45) is 5.92 Å². The smallest absolute Gasteiger partial charge is 0.271 e. The zero-order valence-corrected chi connectivity index (χ0v) is 20.0. The van der Waals surface area contributed by atoms with Crippen LogP contribution in [0.5, 0.6) is 0 Å². The second kappa shape index (κ2) is 9.30. The Morgan fingerprint density at radius 2 is 1.97 bits per heavy atom. The van der Waals surface area contributed by atoms with Gasteiger partial charge in [-0.2, -0.15) is 0 Å². The highest BCUT2D eigenvalue weighted by Gasteiger charge is 2.48. The maximum Gasteiger partial charge on any atom is 0.271 e. The predicted octanol–water partition coefficient (Wildman–Crippen LogP) is 3.88. The fourth-order valence-electron chi connectivity index (χ4n) is 5.36. The third kappa shape index (κ3) is 4.19. The topological polar surface area (TPSA) is 70.7 Å². The van der Waals surface area contributed by atoms with Crippen LogP contribution in [0.15, 0.2) is 22.8 Å². The molecule has 1 N–H and O–H groups in total. The van der Waals surface area contributed by atoms with Gasteiger partial charge in [0.1, 0.15) is 11.2 Å². The van der Waals surface area contributed by atoms with E-state index in [1.165, 1.54) is 0 Å². The van der Waals surface area contributed by atoms with Crippen LogP contribution in [0.25, 0.3) is 11.1 Å². The minimum Gasteiger partial charge on any atom is -0.463 e. The maximum atomic E-state index is 13.7. The van der Waals surface area contributed by atoms with Crippen molar-refractivity contribution in [3.05, 3.63) is 24.1 Å². The van der Waals surface area contributed by atoms with Crippen LogP contribution in [0.1, 0.15) is 70.3 Å². The lowest BCUT2D eigenvalue weighted by Crippen LogP contribution is -2.65. The molecule has 0 spiro atoms. The summed E-state index contributed by atoms with van der Waals surface area (Å²) >= 11 is 0. The monoisotopic (exact) mass is 442 g/mol.